The average molecular weight is 431 g/mol. The summed E-state index contributed by atoms with van der Waals surface area (Å²) >= 11 is 0. The maximum atomic E-state index is 12.9. The van der Waals surface area contributed by atoms with E-state index in [1.165, 1.54) is 12.1 Å². The van der Waals surface area contributed by atoms with Gasteiger partial charge in [0.05, 0.1) is 4.90 Å². The quantitative estimate of drug-likeness (QED) is 0.762. The molecule has 1 fully saturated rings. The average Bonchev–Trinajstić information content (AvgIpc) is 3.22. The zero-order chi connectivity index (χ0) is 21.1. The second kappa shape index (κ2) is 8.65. The molecule has 2 heterocycles. The zero-order valence-electron chi connectivity index (χ0n) is 17.0. The monoisotopic (exact) mass is 430 g/mol. The van der Waals surface area contributed by atoms with Gasteiger partial charge in [-0.2, -0.15) is 4.31 Å². The molecular weight excluding hydrogens is 404 g/mol. The zero-order valence-corrected chi connectivity index (χ0v) is 17.8. The Labute approximate surface area is 177 Å². The molecule has 0 spiro atoms. The lowest BCUT2D eigenvalue weighted by Gasteiger charge is -2.32. The van der Waals surface area contributed by atoms with Gasteiger partial charge in [0.1, 0.15) is 0 Å². The maximum Gasteiger partial charge on any atom is 0.251 e. The Hall–Kier alpha value is -2.58. The molecule has 2 aliphatic rings. The van der Waals surface area contributed by atoms with Gasteiger partial charge >= 0.3 is 0 Å². The lowest BCUT2D eigenvalue weighted by molar-refractivity contribution is 0.0954. The van der Waals surface area contributed by atoms with E-state index >= 15 is 0 Å². The van der Waals surface area contributed by atoms with Crippen LogP contribution >= 0.6 is 0 Å². The van der Waals surface area contributed by atoms with Gasteiger partial charge in [0.2, 0.25) is 16.8 Å². The summed E-state index contributed by atoms with van der Waals surface area (Å²) in [4.78, 5) is 12.7. The fraction of sp³-hybridized carbons (Fsp3) is 0.409. The number of nitrogens with zero attached hydrogens (tertiary/aromatic N) is 1. The minimum atomic E-state index is -3.53. The van der Waals surface area contributed by atoms with Gasteiger partial charge in [-0.1, -0.05) is 12.5 Å². The number of amides is 1. The second-order valence-corrected chi connectivity index (χ2v) is 9.57. The van der Waals surface area contributed by atoms with Gasteiger partial charge in [0, 0.05) is 24.7 Å². The van der Waals surface area contributed by atoms with Crippen molar-refractivity contribution in [1.29, 1.82) is 0 Å². The van der Waals surface area contributed by atoms with Gasteiger partial charge in [0.15, 0.2) is 11.5 Å². The lowest BCUT2D eigenvalue weighted by Crippen LogP contribution is -2.41. The Balaban J connectivity index is 1.35. The summed E-state index contributed by atoms with van der Waals surface area (Å²) < 4.78 is 38.0. The van der Waals surface area contributed by atoms with E-state index in [4.69, 9.17) is 9.47 Å². The minimum absolute atomic E-state index is 0.00269. The van der Waals surface area contributed by atoms with Crippen LogP contribution in [0.5, 0.6) is 11.5 Å². The number of ether oxygens (including phenoxy) is 2. The van der Waals surface area contributed by atoms with Crippen LogP contribution in [0, 0.1) is 0 Å². The molecule has 4 rings (SSSR count). The van der Waals surface area contributed by atoms with E-state index in [1.807, 2.05) is 25.1 Å². The fourth-order valence-electron chi connectivity index (χ4n) is 3.86. The number of carbonyl (C=O) groups excluding carboxylic acids is 1. The fourth-order valence-corrected chi connectivity index (χ4v) is 5.56. The van der Waals surface area contributed by atoms with E-state index in [-0.39, 0.29) is 23.6 Å². The molecule has 8 heteroatoms. The highest BCUT2D eigenvalue weighted by Gasteiger charge is 2.30. The molecule has 0 radical (unpaired) electrons. The number of piperidine rings is 1. The molecule has 2 aromatic carbocycles. The van der Waals surface area contributed by atoms with Crippen LogP contribution in [-0.2, 0) is 16.4 Å². The van der Waals surface area contributed by atoms with Crippen molar-refractivity contribution in [3.63, 3.8) is 0 Å². The number of carbonyl (C=O) groups is 1. The number of sulfonamides is 1. The van der Waals surface area contributed by atoms with Gasteiger partial charge in [0.25, 0.3) is 5.91 Å². The topological polar surface area (TPSA) is 84.9 Å². The van der Waals surface area contributed by atoms with E-state index in [2.05, 4.69) is 5.32 Å². The number of rotatable bonds is 6. The standard InChI is InChI=1S/C22H26N2O5S/c1-16-4-2-3-13-24(16)30(26,27)19-8-6-18(7-9-19)22(25)23-12-11-17-5-10-20-21(14-17)29-15-28-20/h5-10,14,16H,2-4,11-13,15H2,1H3,(H,23,25)/t16-/m0/s1. The van der Waals surface area contributed by atoms with Gasteiger partial charge in [-0.25, -0.2) is 8.42 Å². The van der Waals surface area contributed by atoms with Crippen LogP contribution in [0.2, 0.25) is 0 Å². The SMILES string of the molecule is C[C@H]1CCCCN1S(=O)(=O)c1ccc(C(=O)NCCc2ccc3c(c2)OCO3)cc1. The van der Waals surface area contributed by atoms with Crippen molar-refractivity contribution in [3.05, 3.63) is 53.6 Å². The number of benzene rings is 2. The summed E-state index contributed by atoms with van der Waals surface area (Å²) in [6, 6.07) is 11.9. The molecule has 2 aliphatic heterocycles. The number of nitrogens with one attached hydrogen (secondary N) is 1. The Morgan fingerprint density at radius 3 is 2.63 bits per heavy atom. The molecular formula is C22H26N2O5S. The van der Waals surface area contributed by atoms with Crippen molar-refractivity contribution in [3.8, 4) is 11.5 Å². The molecule has 30 heavy (non-hydrogen) atoms. The largest absolute Gasteiger partial charge is 0.454 e. The van der Waals surface area contributed by atoms with Crippen LogP contribution in [0.15, 0.2) is 47.4 Å². The predicted molar refractivity (Wildman–Crippen MR) is 112 cm³/mol. The lowest BCUT2D eigenvalue weighted by atomic mass is 10.1. The van der Waals surface area contributed by atoms with Gasteiger partial charge < -0.3 is 14.8 Å². The summed E-state index contributed by atoms with van der Waals surface area (Å²) in [7, 11) is -3.53. The minimum Gasteiger partial charge on any atom is -0.454 e. The van der Waals surface area contributed by atoms with Crippen molar-refractivity contribution >= 4 is 15.9 Å². The van der Waals surface area contributed by atoms with E-state index in [0.29, 0.717) is 25.1 Å². The Morgan fingerprint density at radius 2 is 1.87 bits per heavy atom. The van der Waals surface area contributed by atoms with Crippen molar-refractivity contribution in [2.75, 3.05) is 19.9 Å². The molecule has 0 aliphatic carbocycles. The third kappa shape index (κ3) is 4.29. The predicted octanol–water partition coefficient (Wildman–Crippen LogP) is 2.95. The molecule has 7 nitrogen and oxygen atoms in total. The van der Waals surface area contributed by atoms with Crippen molar-refractivity contribution in [2.24, 2.45) is 0 Å². The molecule has 0 aromatic heterocycles. The van der Waals surface area contributed by atoms with E-state index in [0.717, 1.165) is 36.3 Å². The summed E-state index contributed by atoms with van der Waals surface area (Å²) in [5, 5.41) is 2.87. The van der Waals surface area contributed by atoms with Gasteiger partial charge in [-0.3, -0.25) is 4.79 Å². The Kier molecular flexibility index (Phi) is 5.97. The summed E-state index contributed by atoms with van der Waals surface area (Å²) in [5.41, 5.74) is 1.47. The van der Waals surface area contributed by atoms with Gasteiger partial charge in [-0.05, 0) is 68.1 Å². The molecule has 1 amide bonds. The molecule has 0 bridgehead atoms. The van der Waals surface area contributed by atoms with E-state index in [9.17, 15) is 13.2 Å². The smallest absolute Gasteiger partial charge is 0.251 e. The highest BCUT2D eigenvalue weighted by Crippen LogP contribution is 2.32. The third-order valence-corrected chi connectivity index (χ3v) is 7.63. The van der Waals surface area contributed by atoms with E-state index < -0.39 is 10.0 Å². The Morgan fingerprint density at radius 1 is 1.10 bits per heavy atom. The molecule has 2 aromatic rings. The Bertz CT molecular complexity index is 1020. The summed E-state index contributed by atoms with van der Waals surface area (Å²) in [6.07, 6.45) is 3.47. The van der Waals surface area contributed by atoms with Crippen molar-refractivity contribution < 1.29 is 22.7 Å². The first-order chi connectivity index (χ1) is 14.4. The van der Waals surface area contributed by atoms with Crippen LogP contribution in [0.25, 0.3) is 0 Å². The highest BCUT2D eigenvalue weighted by atomic mass is 32.2. The molecule has 0 unspecified atom stereocenters. The van der Waals surface area contributed by atoms with Crippen LogP contribution < -0.4 is 14.8 Å². The number of hydrogen-bond acceptors (Lipinski definition) is 5. The van der Waals surface area contributed by atoms with E-state index in [1.54, 1.807) is 16.4 Å². The highest BCUT2D eigenvalue weighted by molar-refractivity contribution is 7.89. The number of hydrogen-bond donors (Lipinski definition) is 1. The first kappa shape index (κ1) is 20.7. The molecule has 1 saturated heterocycles. The summed E-state index contributed by atoms with van der Waals surface area (Å²) in [5.74, 6) is 1.22. The first-order valence-electron chi connectivity index (χ1n) is 10.2. The molecule has 1 N–H and O–H groups in total. The van der Waals surface area contributed by atoms with Crippen molar-refractivity contribution in [2.45, 2.75) is 43.5 Å². The van der Waals surface area contributed by atoms with Crippen molar-refractivity contribution in [1.82, 2.24) is 9.62 Å². The maximum absolute atomic E-state index is 12.9. The van der Waals surface area contributed by atoms with Crippen LogP contribution in [0.3, 0.4) is 0 Å². The van der Waals surface area contributed by atoms with Crippen LogP contribution in [0.4, 0.5) is 0 Å². The second-order valence-electron chi connectivity index (χ2n) is 7.68. The third-order valence-electron chi connectivity index (χ3n) is 5.60. The molecule has 160 valence electrons. The first-order valence-corrected chi connectivity index (χ1v) is 11.7. The van der Waals surface area contributed by atoms with Crippen LogP contribution in [-0.4, -0.2) is 44.6 Å². The molecule has 0 saturated carbocycles. The molecule has 1 atom stereocenters. The normalized spacial score (nSPS) is 18.9. The van der Waals surface area contributed by atoms with Crippen LogP contribution in [0.1, 0.15) is 42.1 Å². The van der Waals surface area contributed by atoms with Gasteiger partial charge in [-0.15, -0.1) is 0 Å². The number of fused-ring (bicyclic) bond motifs is 1. The summed E-state index contributed by atoms with van der Waals surface area (Å²) in [6.45, 7) is 3.19.